The van der Waals surface area contributed by atoms with Crippen LogP contribution >= 0.6 is 0 Å². The van der Waals surface area contributed by atoms with Crippen LogP contribution in [0.25, 0.3) is 0 Å². The third-order valence-corrected chi connectivity index (χ3v) is 3.51. The summed E-state index contributed by atoms with van der Waals surface area (Å²) in [5.41, 5.74) is 0. The highest BCUT2D eigenvalue weighted by Crippen LogP contribution is 2.09. The van der Waals surface area contributed by atoms with Gasteiger partial charge in [-0.3, -0.25) is 0 Å². The first kappa shape index (κ1) is 17.7. The van der Waals surface area contributed by atoms with Crippen molar-refractivity contribution in [1.82, 2.24) is 0 Å². The molecule has 0 aliphatic carbocycles. The van der Waals surface area contributed by atoms with Crippen molar-refractivity contribution in [3.8, 4) is 0 Å². The molecule has 1 radical (unpaired) electrons. The number of hydrogen-bond donors (Lipinski definition) is 0. The van der Waals surface area contributed by atoms with Crippen LogP contribution in [-0.4, -0.2) is 0 Å². The summed E-state index contributed by atoms with van der Waals surface area (Å²) in [4.78, 5) is 0. The summed E-state index contributed by atoms with van der Waals surface area (Å²) < 4.78 is 0. The predicted octanol–water partition coefficient (Wildman–Crippen LogP) is 6.86. The Morgan fingerprint density at radius 1 is 0.611 bits per heavy atom. The smallest absolute Gasteiger partial charge is 0.0351 e. The highest BCUT2D eigenvalue weighted by molar-refractivity contribution is 4.81. The van der Waals surface area contributed by atoms with Gasteiger partial charge >= 0.3 is 0 Å². The van der Waals surface area contributed by atoms with Crippen molar-refractivity contribution in [2.45, 2.75) is 96.8 Å². The van der Waals surface area contributed by atoms with E-state index in [0.717, 1.165) is 6.42 Å². The van der Waals surface area contributed by atoms with Gasteiger partial charge in [-0.15, -0.1) is 0 Å². The third-order valence-electron chi connectivity index (χ3n) is 3.51. The Hall–Kier alpha value is -0.260. The normalized spacial score (nSPS) is 11.4. The summed E-state index contributed by atoms with van der Waals surface area (Å²) in [5, 5.41) is 0. The summed E-state index contributed by atoms with van der Waals surface area (Å²) in [6.07, 6.45) is 23.8. The maximum atomic E-state index is 3.88. The number of rotatable bonds is 14. The predicted molar refractivity (Wildman–Crippen MR) is 84.8 cm³/mol. The van der Waals surface area contributed by atoms with Gasteiger partial charge in [0, 0.05) is 0 Å². The minimum absolute atomic E-state index is 1.11. The molecule has 0 rings (SSSR count). The minimum Gasteiger partial charge on any atom is -0.0885 e. The van der Waals surface area contributed by atoms with Gasteiger partial charge in [-0.1, -0.05) is 90.2 Å². The van der Waals surface area contributed by atoms with Crippen molar-refractivity contribution in [3.63, 3.8) is 0 Å². The number of unbranched alkanes of at least 4 members (excludes halogenated alkanes) is 12. The molecule has 18 heavy (non-hydrogen) atoms. The Morgan fingerprint density at radius 2 is 1.06 bits per heavy atom. The first-order valence-corrected chi connectivity index (χ1v) is 8.36. The lowest BCUT2D eigenvalue weighted by Gasteiger charge is -1.99. The quantitative estimate of drug-likeness (QED) is 0.234. The second-order valence-corrected chi connectivity index (χ2v) is 5.44. The maximum Gasteiger partial charge on any atom is -0.0351 e. The first-order chi connectivity index (χ1) is 8.91. The topological polar surface area (TPSA) is 0 Å². The van der Waals surface area contributed by atoms with Crippen LogP contribution in [-0.2, 0) is 0 Å². The molecule has 0 fully saturated rings. The molecule has 0 heteroatoms. The molecule has 107 valence electrons. The highest BCUT2D eigenvalue weighted by atomic mass is 14.0. The molecule has 0 N–H and O–H groups in total. The van der Waals surface area contributed by atoms with Gasteiger partial charge in [-0.25, -0.2) is 0 Å². The Labute approximate surface area is 116 Å². The van der Waals surface area contributed by atoms with E-state index in [1.165, 1.54) is 83.5 Å². The van der Waals surface area contributed by atoms with Crippen LogP contribution < -0.4 is 0 Å². The molecule has 0 amide bonds. The zero-order chi connectivity index (χ0) is 13.3. The van der Waals surface area contributed by atoms with Crippen molar-refractivity contribution in [1.29, 1.82) is 0 Å². The second kappa shape index (κ2) is 16.7. The molecule has 0 saturated carbocycles. The fourth-order valence-corrected chi connectivity index (χ4v) is 2.25. The SMILES string of the molecule is [CH2]CCCCCCCC/C=C/CCCCCCC. The van der Waals surface area contributed by atoms with Gasteiger partial charge in [-0.05, 0) is 25.7 Å². The van der Waals surface area contributed by atoms with E-state index in [0.29, 0.717) is 0 Å². The molecule has 0 aliphatic rings. The van der Waals surface area contributed by atoms with Crippen molar-refractivity contribution >= 4 is 0 Å². The molecule has 0 atom stereocenters. The first-order valence-electron chi connectivity index (χ1n) is 8.36. The van der Waals surface area contributed by atoms with Crippen molar-refractivity contribution in [2.24, 2.45) is 0 Å². The lowest BCUT2D eigenvalue weighted by Crippen LogP contribution is -1.79. The Morgan fingerprint density at radius 3 is 1.56 bits per heavy atom. The molecule has 0 aromatic carbocycles. The standard InChI is InChI=1S/C18H35/c1-3-5-7-9-11-13-15-17-18-16-14-12-10-8-6-4-2/h16,18H,1,3-15,17H2,2H3/b18-16+. The second-order valence-electron chi connectivity index (χ2n) is 5.44. The molecular formula is C18H35. The molecule has 0 heterocycles. The Kier molecular flexibility index (Phi) is 16.5. The summed E-state index contributed by atoms with van der Waals surface area (Å²) in [7, 11) is 0. The molecular weight excluding hydrogens is 216 g/mol. The number of hydrogen-bond acceptors (Lipinski definition) is 0. The minimum atomic E-state index is 1.11. The van der Waals surface area contributed by atoms with Crippen LogP contribution in [0.5, 0.6) is 0 Å². The summed E-state index contributed by atoms with van der Waals surface area (Å²) in [5.74, 6) is 0. The van der Waals surface area contributed by atoms with Crippen LogP contribution in [0.1, 0.15) is 96.8 Å². The molecule has 0 aromatic rings. The monoisotopic (exact) mass is 251 g/mol. The molecule has 0 aliphatic heterocycles. The van der Waals surface area contributed by atoms with Gasteiger partial charge < -0.3 is 0 Å². The van der Waals surface area contributed by atoms with E-state index in [-0.39, 0.29) is 0 Å². The fourth-order valence-electron chi connectivity index (χ4n) is 2.25. The molecule has 0 unspecified atom stereocenters. The van der Waals surface area contributed by atoms with E-state index in [4.69, 9.17) is 0 Å². The van der Waals surface area contributed by atoms with Gasteiger partial charge in [0.15, 0.2) is 0 Å². The van der Waals surface area contributed by atoms with Gasteiger partial charge in [0.2, 0.25) is 0 Å². The van der Waals surface area contributed by atoms with Crippen molar-refractivity contribution in [2.75, 3.05) is 0 Å². The van der Waals surface area contributed by atoms with E-state index in [1.807, 2.05) is 0 Å². The summed E-state index contributed by atoms with van der Waals surface area (Å²) in [6, 6.07) is 0. The summed E-state index contributed by atoms with van der Waals surface area (Å²) in [6.45, 7) is 6.15. The maximum absolute atomic E-state index is 3.88. The zero-order valence-corrected chi connectivity index (χ0v) is 12.8. The van der Waals surface area contributed by atoms with E-state index >= 15 is 0 Å². The zero-order valence-electron chi connectivity index (χ0n) is 12.8. The van der Waals surface area contributed by atoms with E-state index < -0.39 is 0 Å². The van der Waals surface area contributed by atoms with E-state index in [2.05, 4.69) is 26.0 Å². The van der Waals surface area contributed by atoms with Gasteiger partial charge in [0.1, 0.15) is 0 Å². The van der Waals surface area contributed by atoms with E-state index in [9.17, 15) is 0 Å². The molecule has 0 aromatic heterocycles. The van der Waals surface area contributed by atoms with Crippen LogP contribution in [0.15, 0.2) is 12.2 Å². The average Bonchev–Trinajstić information content (AvgIpc) is 2.39. The van der Waals surface area contributed by atoms with Gasteiger partial charge in [0.25, 0.3) is 0 Å². The lowest BCUT2D eigenvalue weighted by molar-refractivity contribution is 0.599. The van der Waals surface area contributed by atoms with E-state index in [1.54, 1.807) is 0 Å². The average molecular weight is 251 g/mol. The van der Waals surface area contributed by atoms with Crippen LogP contribution in [0.3, 0.4) is 0 Å². The largest absolute Gasteiger partial charge is 0.0885 e. The highest BCUT2D eigenvalue weighted by Gasteiger charge is 1.89. The van der Waals surface area contributed by atoms with Crippen LogP contribution in [0.2, 0.25) is 0 Å². The lowest BCUT2D eigenvalue weighted by atomic mass is 10.1. The van der Waals surface area contributed by atoms with Crippen LogP contribution in [0, 0.1) is 6.92 Å². The number of allylic oxidation sites excluding steroid dienone is 2. The summed E-state index contributed by atoms with van der Waals surface area (Å²) >= 11 is 0. The van der Waals surface area contributed by atoms with Crippen LogP contribution in [0.4, 0.5) is 0 Å². The third kappa shape index (κ3) is 15.7. The van der Waals surface area contributed by atoms with Gasteiger partial charge in [0.05, 0.1) is 0 Å². The Balaban J connectivity index is 3.00. The molecule has 0 spiro atoms. The molecule has 0 nitrogen and oxygen atoms in total. The van der Waals surface area contributed by atoms with Crippen molar-refractivity contribution in [3.05, 3.63) is 19.1 Å². The molecule has 0 saturated heterocycles. The van der Waals surface area contributed by atoms with Gasteiger partial charge in [-0.2, -0.15) is 0 Å². The molecule has 0 bridgehead atoms. The Bertz CT molecular complexity index is 157. The fraction of sp³-hybridized carbons (Fsp3) is 0.833. The van der Waals surface area contributed by atoms with Crippen molar-refractivity contribution < 1.29 is 0 Å².